The molecule has 0 spiro atoms. The molecule has 0 saturated heterocycles. The standard InChI is InChI=1S/C34H32F4N4O4/c1-17-9-21-11-22(12-28(46-23-6-7-23)29(21)41-19(17)3)32(43)39-14-25(34(36,37)38)27-13-24-31(45-16-33(24,4)15-40-44)30(42-27)20-5-8-26(35)18(2)10-20/h5,8-13,23,25H,6-7,14-16H2,1-4H3,(H,39,43)/t25-,33+/m1/s1. The molecule has 6 rings (SSSR count). The van der Waals surface area contributed by atoms with Crippen LogP contribution in [-0.2, 0) is 5.41 Å². The van der Waals surface area contributed by atoms with E-state index >= 15 is 0 Å². The van der Waals surface area contributed by atoms with E-state index in [1.54, 1.807) is 13.0 Å². The van der Waals surface area contributed by atoms with Crippen molar-refractivity contribution >= 4 is 16.8 Å². The Hall–Kier alpha value is -4.61. The summed E-state index contributed by atoms with van der Waals surface area (Å²) in [6.45, 7) is 5.91. The van der Waals surface area contributed by atoms with Crippen LogP contribution in [0.3, 0.4) is 0 Å². The van der Waals surface area contributed by atoms with Crippen LogP contribution in [0, 0.1) is 31.5 Å². The average Bonchev–Trinajstić information content (AvgIpc) is 3.75. The SMILES string of the molecule is Cc1cc(-c2nc([C@@H](CNC(=O)c3cc(OC4CC4)c4nc(C)c(C)cc4c3)C(F)(F)F)cc3c2OC[C@]3(C)CN=O)ccc1F. The number of aryl methyl sites for hydroxylation is 3. The summed E-state index contributed by atoms with van der Waals surface area (Å²) in [5.74, 6) is -2.80. The second kappa shape index (κ2) is 11.6. The number of nitrogens with zero attached hydrogens (tertiary/aromatic N) is 3. The first-order valence-electron chi connectivity index (χ1n) is 14.9. The van der Waals surface area contributed by atoms with Gasteiger partial charge < -0.3 is 14.8 Å². The predicted molar refractivity (Wildman–Crippen MR) is 164 cm³/mol. The molecule has 0 radical (unpaired) electrons. The third-order valence-corrected chi connectivity index (χ3v) is 8.65. The van der Waals surface area contributed by atoms with Gasteiger partial charge >= 0.3 is 6.18 Å². The summed E-state index contributed by atoms with van der Waals surface area (Å²) >= 11 is 0. The van der Waals surface area contributed by atoms with Gasteiger partial charge in [0.15, 0.2) is 0 Å². The molecule has 2 aromatic carbocycles. The van der Waals surface area contributed by atoms with Crippen molar-refractivity contribution in [2.24, 2.45) is 5.18 Å². The molecule has 1 saturated carbocycles. The topological polar surface area (TPSA) is 103 Å². The summed E-state index contributed by atoms with van der Waals surface area (Å²) in [6, 6.07) is 10.3. The number of fused-ring (bicyclic) bond motifs is 2. The summed E-state index contributed by atoms with van der Waals surface area (Å²) in [5, 5.41) is 6.10. The molecule has 46 heavy (non-hydrogen) atoms. The second-order valence-electron chi connectivity index (χ2n) is 12.4. The highest BCUT2D eigenvalue weighted by Gasteiger charge is 2.45. The molecule has 8 nitrogen and oxygen atoms in total. The summed E-state index contributed by atoms with van der Waals surface area (Å²) in [6.07, 6.45) is -3.06. The van der Waals surface area contributed by atoms with Gasteiger partial charge in [-0.15, -0.1) is 0 Å². The Morgan fingerprint density at radius 2 is 1.87 bits per heavy atom. The van der Waals surface area contributed by atoms with Gasteiger partial charge in [0.2, 0.25) is 0 Å². The maximum atomic E-state index is 14.7. The Morgan fingerprint density at radius 1 is 1.11 bits per heavy atom. The minimum Gasteiger partial charge on any atom is -0.490 e. The number of amides is 1. The lowest BCUT2D eigenvalue weighted by molar-refractivity contribution is -0.149. The van der Waals surface area contributed by atoms with Gasteiger partial charge in [0.1, 0.15) is 34.4 Å². The van der Waals surface area contributed by atoms with E-state index in [0.29, 0.717) is 27.8 Å². The lowest BCUT2D eigenvalue weighted by Gasteiger charge is -2.24. The van der Waals surface area contributed by atoms with Crippen LogP contribution in [0.15, 0.2) is 47.6 Å². The molecule has 2 atom stereocenters. The molecule has 240 valence electrons. The lowest BCUT2D eigenvalue weighted by atomic mass is 9.83. The molecule has 12 heteroatoms. The van der Waals surface area contributed by atoms with Crippen molar-refractivity contribution in [2.75, 3.05) is 19.7 Å². The maximum absolute atomic E-state index is 14.7. The molecule has 4 aromatic rings. The second-order valence-corrected chi connectivity index (χ2v) is 12.4. The molecule has 1 amide bonds. The van der Waals surface area contributed by atoms with E-state index in [4.69, 9.17) is 9.47 Å². The number of carbonyl (C=O) groups is 1. The molecular weight excluding hydrogens is 604 g/mol. The van der Waals surface area contributed by atoms with E-state index in [9.17, 15) is 27.3 Å². The highest BCUT2D eigenvalue weighted by Crippen LogP contribution is 2.47. The van der Waals surface area contributed by atoms with Crippen molar-refractivity contribution in [3.63, 3.8) is 0 Å². The lowest BCUT2D eigenvalue weighted by Crippen LogP contribution is -2.36. The van der Waals surface area contributed by atoms with Gasteiger partial charge in [0, 0.05) is 34.3 Å². The minimum atomic E-state index is -4.81. The van der Waals surface area contributed by atoms with Gasteiger partial charge in [-0.05, 0) is 87.2 Å². The zero-order valence-corrected chi connectivity index (χ0v) is 25.7. The van der Waals surface area contributed by atoms with Gasteiger partial charge in [-0.2, -0.15) is 18.1 Å². The molecule has 1 aliphatic heterocycles. The molecule has 0 unspecified atom stereocenters. The zero-order chi connectivity index (χ0) is 33.0. The smallest absolute Gasteiger partial charge is 0.398 e. The first-order valence-corrected chi connectivity index (χ1v) is 14.9. The highest BCUT2D eigenvalue weighted by molar-refractivity contribution is 6.00. The van der Waals surface area contributed by atoms with Gasteiger partial charge in [-0.25, -0.2) is 14.4 Å². The Kier molecular flexibility index (Phi) is 7.94. The molecule has 1 aliphatic carbocycles. The van der Waals surface area contributed by atoms with Crippen LogP contribution in [0.2, 0.25) is 0 Å². The van der Waals surface area contributed by atoms with Crippen LogP contribution in [-0.4, -0.2) is 47.9 Å². The van der Waals surface area contributed by atoms with Crippen molar-refractivity contribution in [1.29, 1.82) is 0 Å². The number of rotatable bonds is 9. The van der Waals surface area contributed by atoms with Gasteiger partial charge in [-0.1, -0.05) is 12.1 Å². The molecule has 2 aromatic heterocycles. The van der Waals surface area contributed by atoms with Crippen molar-refractivity contribution < 1.29 is 31.8 Å². The van der Waals surface area contributed by atoms with Crippen molar-refractivity contribution in [3.8, 4) is 22.8 Å². The van der Waals surface area contributed by atoms with Crippen LogP contribution < -0.4 is 14.8 Å². The Labute approximate surface area is 262 Å². The molecule has 0 bridgehead atoms. The summed E-state index contributed by atoms with van der Waals surface area (Å²) < 4.78 is 70.2. The highest BCUT2D eigenvalue weighted by atomic mass is 19.4. The zero-order valence-electron chi connectivity index (χ0n) is 25.7. The minimum absolute atomic E-state index is 0.000878. The molecule has 1 N–H and O–H groups in total. The van der Waals surface area contributed by atoms with E-state index in [2.05, 4.69) is 20.5 Å². The van der Waals surface area contributed by atoms with Crippen molar-refractivity contribution in [3.05, 3.63) is 86.8 Å². The van der Waals surface area contributed by atoms with E-state index in [-0.39, 0.29) is 47.5 Å². The Morgan fingerprint density at radius 3 is 2.54 bits per heavy atom. The number of carbonyl (C=O) groups excluding carboxylic acids is 1. The van der Waals surface area contributed by atoms with Crippen molar-refractivity contribution in [2.45, 2.75) is 64.1 Å². The Balaban J connectivity index is 1.37. The first-order chi connectivity index (χ1) is 21.8. The summed E-state index contributed by atoms with van der Waals surface area (Å²) in [5.41, 5.74) is 2.08. The van der Waals surface area contributed by atoms with Crippen LogP contribution in [0.25, 0.3) is 22.2 Å². The molecule has 3 heterocycles. The summed E-state index contributed by atoms with van der Waals surface area (Å²) in [4.78, 5) is 33.7. The van der Waals surface area contributed by atoms with E-state index < -0.39 is 35.8 Å². The average molecular weight is 637 g/mol. The largest absolute Gasteiger partial charge is 0.490 e. The summed E-state index contributed by atoms with van der Waals surface area (Å²) in [7, 11) is 0. The number of ether oxygens (including phenoxy) is 2. The fraction of sp³-hybridized carbons (Fsp3) is 0.382. The monoisotopic (exact) mass is 636 g/mol. The van der Waals surface area contributed by atoms with Gasteiger partial charge in [0.25, 0.3) is 5.91 Å². The normalized spacial score (nSPS) is 18.2. The van der Waals surface area contributed by atoms with Crippen molar-refractivity contribution in [1.82, 2.24) is 15.3 Å². The van der Waals surface area contributed by atoms with Crippen LogP contribution in [0.5, 0.6) is 11.5 Å². The number of pyridine rings is 2. The molecular formula is C34H32F4N4O4. The number of aromatic nitrogens is 2. The fourth-order valence-electron chi connectivity index (χ4n) is 5.62. The third kappa shape index (κ3) is 6.00. The number of halogens is 4. The number of nitroso groups, excluding NO2 is 1. The number of alkyl halides is 3. The Bertz CT molecular complexity index is 1870. The third-order valence-electron chi connectivity index (χ3n) is 8.65. The number of benzene rings is 2. The fourth-order valence-corrected chi connectivity index (χ4v) is 5.62. The predicted octanol–water partition coefficient (Wildman–Crippen LogP) is 7.39. The first kappa shape index (κ1) is 31.4. The number of hydrogen-bond donors (Lipinski definition) is 1. The van der Waals surface area contributed by atoms with E-state index in [0.717, 1.165) is 24.1 Å². The van der Waals surface area contributed by atoms with Gasteiger partial charge in [0.05, 0.1) is 30.4 Å². The molecule has 1 fully saturated rings. The van der Waals surface area contributed by atoms with Crippen LogP contribution in [0.1, 0.15) is 64.1 Å². The van der Waals surface area contributed by atoms with E-state index in [1.807, 2.05) is 19.9 Å². The maximum Gasteiger partial charge on any atom is 0.398 e. The van der Waals surface area contributed by atoms with Crippen LogP contribution >= 0.6 is 0 Å². The molecule has 2 aliphatic rings. The van der Waals surface area contributed by atoms with Crippen LogP contribution in [0.4, 0.5) is 17.6 Å². The van der Waals surface area contributed by atoms with Gasteiger partial charge in [-0.3, -0.25) is 4.79 Å². The number of hydrogen-bond acceptors (Lipinski definition) is 7. The van der Waals surface area contributed by atoms with E-state index in [1.165, 1.54) is 37.3 Å². The quantitative estimate of drug-likeness (QED) is 0.152. The number of nitrogens with one attached hydrogen (secondary N) is 1.